The van der Waals surface area contributed by atoms with Crippen LogP contribution in [0.5, 0.6) is 0 Å². The first-order valence-electron chi connectivity index (χ1n) is 5.92. The maximum atomic E-state index is 13.7. The first-order chi connectivity index (χ1) is 9.61. The highest BCUT2D eigenvalue weighted by Crippen LogP contribution is 2.25. The van der Waals surface area contributed by atoms with Gasteiger partial charge in [0.05, 0.1) is 24.0 Å². The molecule has 0 atom stereocenters. The van der Waals surface area contributed by atoms with Crippen molar-refractivity contribution in [2.75, 3.05) is 18.2 Å². The fourth-order valence-electron chi connectivity index (χ4n) is 1.70. The maximum absolute atomic E-state index is 13.7. The molecule has 0 unspecified atom stereocenters. The molecule has 20 heavy (non-hydrogen) atoms. The minimum absolute atomic E-state index is 0.0402. The molecule has 0 saturated heterocycles. The summed E-state index contributed by atoms with van der Waals surface area (Å²) in [7, 11) is 1.24. The van der Waals surface area contributed by atoms with Crippen LogP contribution in [0.3, 0.4) is 0 Å². The highest BCUT2D eigenvalue weighted by atomic mass is 19.1. The van der Waals surface area contributed by atoms with Gasteiger partial charge in [-0.25, -0.2) is 9.18 Å². The molecule has 1 heterocycles. The molecule has 0 spiro atoms. The Hall–Kier alpha value is -2.63. The van der Waals surface area contributed by atoms with Crippen molar-refractivity contribution in [3.63, 3.8) is 0 Å². The second kappa shape index (κ2) is 6.01. The Kier molecular flexibility index (Phi) is 4.14. The molecule has 0 aliphatic heterocycles. The Labute approximate surface area is 115 Å². The predicted octanol–water partition coefficient (Wildman–Crippen LogP) is 2.20. The summed E-state index contributed by atoms with van der Waals surface area (Å²) in [5.74, 6) is -1.28. The first kappa shape index (κ1) is 13.8. The molecule has 2 rings (SSSR count). The summed E-state index contributed by atoms with van der Waals surface area (Å²) in [6, 6.07) is 6.18. The summed E-state index contributed by atoms with van der Waals surface area (Å²) in [5.41, 5.74) is 6.97. The minimum Gasteiger partial charge on any atom is -0.465 e. The van der Waals surface area contributed by atoms with Crippen molar-refractivity contribution in [1.82, 2.24) is 4.98 Å². The summed E-state index contributed by atoms with van der Waals surface area (Å²) in [6.07, 6.45) is 3.35. The number of methoxy groups -OCH3 is 1. The number of nitrogens with one attached hydrogen (secondary N) is 1. The highest BCUT2D eigenvalue weighted by molar-refractivity contribution is 5.92. The van der Waals surface area contributed by atoms with Gasteiger partial charge >= 0.3 is 5.97 Å². The highest BCUT2D eigenvalue weighted by Gasteiger charge is 2.13. The molecule has 1 aromatic carbocycles. The van der Waals surface area contributed by atoms with E-state index in [-0.39, 0.29) is 11.3 Å². The molecule has 104 valence electrons. The van der Waals surface area contributed by atoms with Crippen molar-refractivity contribution in [1.29, 1.82) is 0 Å². The number of nitrogens with two attached hydrogens (primary N) is 1. The van der Waals surface area contributed by atoms with Crippen molar-refractivity contribution in [3.8, 4) is 0 Å². The second-order valence-electron chi connectivity index (χ2n) is 4.13. The Bertz CT molecular complexity index is 617. The van der Waals surface area contributed by atoms with Gasteiger partial charge in [0.25, 0.3) is 0 Å². The average Bonchev–Trinajstić information content (AvgIpc) is 2.48. The Morgan fingerprint density at radius 3 is 2.95 bits per heavy atom. The van der Waals surface area contributed by atoms with E-state index in [4.69, 9.17) is 5.73 Å². The molecule has 0 radical (unpaired) electrons. The van der Waals surface area contributed by atoms with Crippen molar-refractivity contribution in [2.45, 2.75) is 6.54 Å². The number of rotatable bonds is 4. The minimum atomic E-state index is -0.665. The van der Waals surface area contributed by atoms with Gasteiger partial charge in [-0.05, 0) is 23.8 Å². The molecular formula is C14H14FN3O2. The molecule has 1 aromatic heterocycles. The van der Waals surface area contributed by atoms with Gasteiger partial charge in [0.15, 0.2) is 0 Å². The summed E-state index contributed by atoms with van der Waals surface area (Å²) >= 11 is 0. The number of ether oxygens (including phenoxy) is 1. The van der Waals surface area contributed by atoms with Gasteiger partial charge in [-0.2, -0.15) is 0 Å². The summed E-state index contributed by atoms with van der Waals surface area (Å²) in [6.45, 7) is 0.419. The number of anilines is 2. The number of halogens is 1. The largest absolute Gasteiger partial charge is 0.465 e. The standard InChI is InChI=1S/C14H14FN3O2/c1-20-14(19)10-5-11(15)13(16)12(6-10)18-8-9-3-2-4-17-7-9/h2-7,18H,8,16H2,1H3. The smallest absolute Gasteiger partial charge is 0.338 e. The van der Waals surface area contributed by atoms with Crippen LogP contribution in [0.15, 0.2) is 36.7 Å². The second-order valence-corrected chi connectivity index (χ2v) is 4.13. The number of nitrogens with zero attached hydrogens (tertiary/aromatic N) is 1. The Morgan fingerprint density at radius 2 is 2.30 bits per heavy atom. The SMILES string of the molecule is COC(=O)c1cc(F)c(N)c(NCc2cccnc2)c1. The fourth-order valence-corrected chi connectivity index (χ4v) is 1.70. The van der Waals surface area contributed by atoms with Gasteiger partial charge < -0.3 is 15.8 Å². The van der Waals surface area contributed by atoms with Crippen LogP contribution in [0.25, 0.3) is 0 Å². The van der Waals surface area contributed by atoms with Crippen molar-refractivity contribution in [2.24, 2.45) is 0 Å². The molecule has 6 heteroatoms. The van der Waals surface area contributed by atoms with E-state index < -0.39 is 11.8 Å². The third-order valence-electron chi connectivity index (χ3n) is 2.76. The molecule has 0 bridgehead atoms. The van der Waals surface area contributed by atoms with E-state index >= 15 is 0 Å². The molecule has 0 aliphatic carbocycles. The third kappa shape index (κ3) is 3.03. The Balaban J connectivity index is 2.22. The monoisotopic (exact) mass is 275 g/mol. The zero-order valence-corrected chi connectivity index (χ0v) is 10.9. The molecule has 0 amide bonds. The van der Waals surface area contributed by atoms with Gasteiger partial charge in [0.1, 0.15) is 5.82 Å². The van der Waals surface area contributed by atoms with E-state index in [0.717, 1.165) is 11.6 Å². The lowest BCUT2D eigenvalue weighted by atomic mass is 10.1. The molecule has 0 saturated carbocycles. The summed E-state index contributed by atoms with van der Waals surface area (Å²) < 4.78 is 18.2. The molecular weight excluding hydrogens is 261 g/mol. The van der Waals surface area contributed by atoms with E-state index in [1.54, 1.807) is 18.5 Å². The van der Waals surface area contributed by atoms with Crippen LogP contribution >= 0.6 is 0 Å². The van der Waals surface area contributed by atoms with Crippen LogP contribution in [-0.2, 0) is 11.3 Å². The van der Waals surface area contributed by atoms with Crippen LogP contribution in [0.2, 0.25) is 0 Å². The van der Waals surface area contributed by atoms with E-state index in [9.17, 15) is 9.18 Å². The van der Waals surface area contributed by atoms with E-state index in [1.165, 1.54) is 13.2 Å². The Morgan fingerprint density at radius 1 is 1.50 bits per heavy atom. The van der Waals surface area contributed by atoms with E-state index in [1.807, 2.05) is 6.07 Å². The zero-order chi connectivity index (χ0) is 14.5. The van der Waals surface area contributed by atoms with Crippen LogP contribution < -0.4 is 11.1 Å². The van der Waals surface area contributed by atoms with Gasteiger partial charge in [-0.1, -0.05) is 6.07 Å². The lowest BCUT2D eigenvalue weighted by Crippen LogP contribution is -2.08. The maximum Gasteiger partial charge on any atom is 0.338 e. The van der Waals surface area contributed by atoms with E-state index in [2.05, 4.69) is 15.0 Å². The predicted molar refractivity (Wildman–Crippen MR) is 73.7 cm³/mol. The molecule has 3 N–H and O–H groups in total. The average molecular weight is 275 g/mol. The van der Waals surface area contributed by atoms with Crippen molar-refractivity contribution < 1.29 is 13.9 Å². The van der Waals surface area contributed by atoms with Gasteiger partial charge in [0.2, 0.25) is 0 Å². The lowest BCUT2D eigenvalue weighted by molar-refractivity contribution is 0.0600. The van der Waals surface area contributed by atoms with Crippen LogP contribution in [0, 0.1) is 5.82 Å². The summed E-state index contributed by atoms with van der Waals surface area (Å²) in [5, 5.41) is 2.98. The van der Waals surface area contributed by atoms with Crippen molar-refractivity contribution >= 4 is 17.3 Å². The molecule has 5 nitrogen and oxygen atoms in total. The topological polar surface area (TPSA) is 77.2 Å². The normalized spacial score (nSPS) is 10.1. The number of aromatic nitrogens is 1. The molecule has 0 aliphatic rings. The van der Waals surface area contributed by atoms with Gasteiger partial charge in [-0.3, -0.25) is 4.98 Å². The zero-order valence-electron chi connectivity index (χ0n) is 10.9. The number of nitrogen functional groups attached to an aromatic ring is 1. The van der Waals surface area contributed by atoms with Crippen LogP contribution in [0.4, 0.5) is 15.8 Å². The number of carbonyl (C=O) groups excluding carboxylic acids is 1. The number of carbonyl (C=O) groups is 1. The number of hydrogen-bond donors (Lipinski definition) is 2. The van der Waals surface area contributed by atoms with Crippen molar-refractivity contribution in [3.05, 3.63) is 53.6 Å². The number of esters is 1. The summed E-state index contributed by atoms with van der Waals surface area (Å²) in [4.78, 5) is 15.4. The number of hydrogen-bond acceptors (Lipinski definition) is 5. The number of benzene rings is 1. The number of pyridine rings is 1. The fraction of sp³-hybridized carbons (Fsp3) is 0.143. The molecule has 0 fully saturated rings. The first-order valence-corrected chi connectivity index (χ1v) is 5.92. The van der Waals surface area contributed by atoms with E-state index in [0.29, 0.717) is 12.2 Å². The van der Waals surface area contributed by atoms with Crippen LogP contribution in [0.1, 0.15) is 15.9 Å². The van der Waals surface area contributed by atoms with Gasteiger partial charge in [-0.15, -0.1) is 0 Å². The third-order valence-corrected chi connectivity index (χ3v) is 2.76. The quantitative estimate of drug-likeness (QED) is 0.660. The molecule has 2 aromatic rings. The van der Waals surface area contributed by atoms with Crippen LogP contribution in [-0.4, -0.2) is 18.1 Å². The lowest BCUT2D eigenvalue weighted by Gasteiger charge is -2.11. The van der Waals surface area contributed by atoms with Gasteiger partial charge in [0, 0.05) is 18.9 Å².